The fraction of sp³-hybridized carbons (Fsp3) is 0.278. The summed E-state index contributed by atoms with van der Waals surface area (Å²) in [7, 11) is 0. The third-order valence-electron chi connectivity index (χ3n) is 4.11. The van der Waals surface area contributed by atoms with Crippen molar-refractivity contribution in [3.8, 4) is 5.75 Å². The second kappa shape index (κ2) is 6.90. The Morgan fingerprint density at radius 1 is 1.28 bits per heavy atom. The summed E-state index contributed by atoms with van der Waals surface area (Å²) in [5, 5.41) is 21.0. The van der Waals surface area contributed by atoms with Gasteiger partial charge in [0, 0.05) is 6.07 Å². The molecule has 0 amide bonds. The van der Waals surface area contributed by atoms with Gasteiger partial charge >= 0.3 is 0 Å². The second-order valence-corrected chi connectivity index (χ2v) is 6.04. The summed E-state index contributed by atoms with van der Waals surface area (Å²) in [4.78, 5) is 14.6. The Bertz CT molecular complexity index is 920. The highest BCUT2D eigenvalue weighted by Gasteiger charge is 2.12. The number of non-ortho nitro benzene ring substituents is 1. The zero-order chi connectivity index (χ0) is 18.0. The van der Waals surface area contributed by atoms with Gasteiger partial charge in [-0.25, -0.2) is 4.98 Å². The second-order valence-electron chi connectivity index (χ2n) is 6.04. The number of aromatic nitrogens is 2. The number of hydrogen-bond donors (Lipinski definition) is 1. The molecule has 0 radical (unpaired) electrons. The molecular formula is C18H19N3O4. The molecule has 0 spiro atoms. The molecule has 0 unspecified atom stereocenters. The molecule has 1 atom stereocenters. The van der Waals surface area contributed by atoms with Crippen molar-refractivity contribution >= 4 is 16.7 Å². The smallest absolute Gasteiger partial charge is 0.273 e. The van der Waals surface area contributed by atoms with Crippen LogP contribution in [0.4, 0.5) is 5.69 Å². The Hall–Kier alpha value is -2.93. The van der Waals surface area contributed by atoms with Crippen LogP contribution in [0.5, 0.6) is 5.75 Å². The first-order valence-electron chi connectivity index (χ1n) is 7.91. The number of nitro groups is 1. The van der Waals surface area contributed by atoms with Gasteiger partial charge in [0.05, 0.1) is 34.9 Å². The molecule has 0 aliphatic heterocycles. The number of nitro benzene ring substituents is 1. The summed E-state index contributed by atoms with van der Waals surface area (Å²) in [5.41, 5.74) is 4.13. The normalized spacial score (nSPS) is 12.3. The largest absolute Gasteiger partial charge is 0.491 e. The maximum atomic E-state index is 10.8. The van der Waals surface area contributed by atoms with E-state index in [1.807, 2.05) is 30.5 Å². The zero-order valence-corrected chi connectivity index (χ0v) is 14.0. The van der Waals surface area contributed by atoms with E-state index in [2.05, 4.69) is 4.98 Å². The Morgan fingerprint density at radius 2 is 2.04 bits per heavy atom. The van der Waals surface area contributed by atoms with Gasteiger partial charge in [-0.2, -0.15) is 0 Å². The minimum atomic E-state index is -0.765. The molecule has 0 saturated heterocycles. The Morgan fingerprint density at radius 3 is 2.80 bits per heavy atom. The number of fused-ring (bicyclic) bond motifs is 1. The van der Waals surface area contributed by atoms with E-state index in [0.717, 1.165) is 16.6 Å². The van der Waals surface area contributed by atoms with Crippen molar-refractivity contribution in [1.82, 2.24) is 9.55 Å². The summed E-state index contributed by atoms with van der Waals surface area (Å²) >= 11 is 0. The molecular weight excluding hydrogens is 322 g/mol. The molecule has 0 fully saturated rings. The Balaban J connectivity index is 1.67. The summed E-state index contributed by atoms with van der Waals surface area (Å²) in [6.07, 6.45) is 0.929. The number of aryl methyl sites for hydroxylation is 2. The van der Waals surface area contributed by atoms with E-state index in [1.165, 1.54) is 17.7 Å². The van der Waals surface area contributed by atoms with E-state index in [4.69, 9.17) is 4.74 Å². The first-order chi connectivity index (χ1) is 11.9. The molecule has 3 rings (SSSR count). The molecule has 1 aromatic heterocycles. The standard InChI is InChI=1S/C18H19N3O4/c1-12-6-17-18(7-13(12)2)20(11-19-17)9-15(22)10-25-16-5-3-4-14(8-16)21(23)24/h3-8,11,15,22H,9-10H2,1-2H3/t15-/m0/s1. The van der Waals surface area contributed by atoms with Crippen LogP contribution in [0.25, 0.3) is 11.0 Å². The summed E-state index contributed by atoms with van der Waals surface area (Å²) < 4.78 is 7.35. The molecule has 7 heteroatoms. The predicted molar refractivity (Wildman–Crippen MR) is 93.8 cm³/mol. The van der Waals surface area contributed by atoms with Crippen molar-refractivity contribution in [2.24, 2.45) is 0 Å². The highest BCUT2D eigenvalue weighted by atomic mass is 16.6. The third kappa shape index (κ3) is 3.77. The molecule has 0 saturated carbocycles. The molecule has 0 aliphatic rings. The molecule has 7 nitrogen and oxygen atoms in total. The van der Waals surface area contributed by atoms with E-state index in [1.54, 1.807) is 18.5 Å². The summed E-state index contributed by atoms with van der Waals surface area (Å²) in [6.45, 7) is 4.43. The van der Waals surface area contributed by atoms with E-state index in [0.29, 0.717) is 12.3 Å². The zero-order valence-electron chi connectivity index (χ0n) is 14.0. The lowest BCUT2D eigenvalue weighted by Gasteiger charge is -2.14. The number of rotatable bonds is 6. The van der Waals surface area contributed by atoms with E-state index in [9.17, 15) is 15.2 Å². The summed E-state index contributed by atoms with van der Waals surface area (Å²) in [6, 6.07) is 9.97. The van der Waals surface area contributed by atoms with Gasteiger partial charge in [0.25, 0.3) is 5.69 Å². The highest BCUT2D eigenvalue weighted by molar-refractivity contribution is 5.77. The van der Waals surface area contributed by atoms with Crippen LogP contribution in [0.3, 0.4) is 0 Å². The van der Waals surface area contributed by atoms with Crippen LogP contribution in [0.15, 0.2) is 42.7 Å². The van der Waals surface area contributed by atoms with Gasteiger partial charge in [-0.05, 0) is 43.2 Å². The van der Waals surface area contributed by atoms with Crippen LogP contribution in [-0.2, 0) is 6.54 Å². The lowest BCUT2D eigenvalue weighted by Crippen LogP contribution is -2.23. The number of aliphatic hydroxyl groups is 1. The van der Waals surface area contributed by atoms with Crippen LogP contribution in [0.2, 0.25) is 0 Å². The van der Waals surface area contributed by atoms with Crippen molar-refractivity contribution in [2.75, 3.05) is 6.61 Å². The third-order valence-corrected chi connectivity index (χ3v) is 4.11. The average Bonchev–Trinajstić information content (AvgIpc) is 2.95. The van der Waals surface area contributed by atoms with Crippen LogP contribution >= 0.6 is 0 Å². The molecule has 130 valence electrons. The van der Waals surface area contributed by atoms with Crippen LogP contribution in [0, 0.1) is 24.0 Å². The fourth-order valence-electron chi connectivity index (χ4n) is 2.62. The van der Waals surface area contributed by atoms with Crippen molar-refractivity contribution in [2.45, 2.75) is 26.5 Å². The van der Waals surface area contributed by atoms with Crippen molar-refractivity contribution in [1.29, 1.82) is 0 Å². The Labute approximate surface area is 144 Å². The predicted octanol–water partition coefficient (Wildman–Crippen LogP) is 3.00. The first-order valence-corrected chi connectivity index (χ1v) is 7.91. The van der Waals surface area contributed by atoms with Crippen LogP contribution in [0.1, 0.15) is 11.1 Å². The van der Waals surface area contributed by atoms with Crippen LogP contribution in [-0.4, -0.2) is 32.3 Å². The van der Waals surface area contributed by atoms with E-state index < -0.39 is 11.0 Å². The van der Waals surface area contributed by atoms with Gasteiger partial charge in [0.1, 0.15) is 18.5 Å². The summed E-state index contributed by atoms with van der Waals surface area (Å²) in [5.74, 6) is 0.357. The highest BCUT2D eigenvalue weighted by Crippen LogP contribution is 2.20. The average molecular weight is 341 g/mol. The topological polar surface area (TPSA) is 90.4 Å². The molecule has 0 bridgehead atoms. The first kappa shape index (κ1) is 16.9. The lowest BCUT2D eigenvalue weighted by molar-refractivity contribution is -0.384. The van der Waals surface area contributed by atoms with E-state index in [-0.39, 0.29) is 12.3 Å². The number of imidazole rings is 1. The molecule has 1 heterocycles. The van der Waals surface area contributed by atoms with Gasteiger partial charge in [0.2, 0.25) is 0 Å². The number of ether oxygens (including phenoxy) is 1. The number of aliphatic hydroxyl groups excluding tert-OH is 1. The number of hydrogen-bond acceptors (Lipinski definition) is 5. The minimum Gasteiger partial charge on any atom is -0.491 e. The maximum Gasteiger partial charge on any atom is 0.273 e. The van der Waals surface area contributed by atoms with Gasteiger partial charge in [-0.15, -0.1) is 0 Å². The minimum absolute atomic E-state index is 0.0334. The SMILES string of the molecule is Cc1cc2ncn(C[C@H](O)COc3cccc([N+](=O)[O-])c3)c2cc1C. The van der Waals surface area contributed by atoms with Gasteiger partial charge in [-0.3, -0.25) is 10.1 Å². The molecule has 2 aromatic carbocycles. The number of nitrogens with zero attached hydrogens (tertiary/aromatic N) is 3. The van der Waals surface area contributed by atoms with Crippen molar-refractivity contribution in [3.05, 3.63) is 64.0 Å². The Kier molecular flexibility index (Phi) is 4.67. The molecule has 0 aliphatic carbocycles. The molecule has 1 N–H and O–H groups in total. The quantitative estimate of drug-likeness (QED) is 0.550. The number of benzene rings is 2. The lowest BCUT2D eigenvalue weighted by atomic mass is 10.1. The van der Waals surface area contributed by atoms with Crippen molar-refractivity contribution in [3.63, 3.8) is 0 Å². The van der Waals surface area contributed by atoms with Crippen molar-refractivity contribution < 1.29 is 14.8 Å². The molecule has 25 heavy (non-hydrogen) atoms. The molecule has 3 aromatic rings. The fourth-order valence-corrected chi connectivity index (χ4v) is 2.62. The maximum absolute atomic E-state index is 10.8. The van der Waals surface area contributed by atoms with Crippen LogP contribution < -0.4 is 4.74 Å². The van der Waals surface area contributed by atoms with Gasteiger partial charge in [-0.1, -0.05) is 6.07 Å². The monoisotopic (exact) mass is 341 g/mol. The van der Waals surface area contributed by atoms with Gasteiger partial charge < -0.3 is 14.4 Å². The van der Waals surface area contributed by atoms with Gasteiger partial charge in [0.15, 0.2) is 0 Å². The van der Waals surface area contributed by atoms with E-state index >= 15 is 0 Å².